The minimum Gasteiger partial charge on any atom is -0.370 e. The number of anilines is 2. The van der Waals surface area contributed by atoms with Crippen molar-refractivity contribution in [2.24, 2.45) is 0 Å². The molecule has 3 rings (SSSR count). The Morgan fingerprint density at radius 3 is 2.67 bits per heavy atom. The van der Waals surface area contributed by atoms with Crippen LogP contribution in [0.3, 0.4) is 0 Å². The summed E-state index contributed by atoms with van der Waals surface area (Å²) in [6.07, 6.45) is 3.72. The third-order valence-corrected chi connectivity index (χ3v) is 5.80. The molecular formula is C20H24ClN3O2S. The van der Waals surface area contributed by atoms with Crippen molar-refractivity contribution in [2.75, 3.05) is 23.3 Å². The number of benzene rings is 1. The maximum Gasteiger partial charge on any atom is 0.226 e. The minimum atomic E-state index is -0.333. The van der Waals surface area contributed by atoms with Gasteiger partial charge in [-0.2, -0.15) is 0 Å². The maximum absolute atomic E-state index is 12.7. The number of rotatable bonds is 6. The summed E-state index contributed by atoms with van der Waals surface area (Å²) < 4.78 is 0. The Morgan fingerprint density at radius 1 is 1.22 bits per heavy atom. The molecule has 27 heavy (non-hydrogen) atoms. The molecule has 1 aliphatic heterocycles. The fourth-order valence-electron chi connectivity index (χ4n) is 3.36. The number of nitrogens with one attached hydrogen (secondary N) is 2. The molecular weight excluding hydrogens is 382 g/mol. The van der Waals surface area contributed by atoms with Gasteiger partial charge in [0.25, 0.3) is 0 Å². The van der Waals surface area contributed by atoms with E-state index in [1.54, 1.807) is 6.07 Å². The number of carbonyl (C=O) groups excluding carboxylic acids is 2. The highest BCUT2D eigenvalue weighted by Crippen LogP contribution is 2.32. The first-order chi connectivity index (χ1) is 13.0. The molecule has 144 valence electrons. The average molecular weight is 406 g/mol. The third kappa shape index (κ3) is 5.47. The second-order valence-electron chi connectivity index (χ2n) is 6.73. The number of halogens is 1. The highest BCUT2D eigenvalue weighted by Gasteiger charge is 2.20. The van der Waals surface area contributed by atoms with Crippen LogP contribution in [0.1, 0.15) is 43.5 Å². The first kappa shape index (κ1) is 19.7. The molecule has 0 aliphatic carbocycles. The molecule has 0 spiro atoms. The molecule has 7 heteroatoms. The van der Waals surface area contributed by atoms with E-state index < -0.39 is 0 Å². The van der Waals surface area contributed by atoms with Gasteiger partial charge in [-0.1, -0.05) is 17.7 Å². The van der Waals surface area contributed by atoms with Crippen LogP contribution in [0.15, 0.2) is 35.7 Å². The molecule has 0 saturated carbocycles. The van der Waals surface area contributed by atoms with Crippen LogP contribution in [0.5, 0.6) is 0 Å². The lowest BCUT2D eigenvalue weighted by Gasteiger charge is -2.30. The van der Waals surface area contributed by atoms with Crippen LogP contribution in [-0.4, -0.2) is 24.9 Å². The largest absolute Gasteiger partial charge is 0.370 e. The summed E-state index contributed by atoms with van der Waals surface area (Å²) in [5.74, 6) is -0.305. The van der Waals surface area contributed by atoms with E-state index in [-0.39, 0.29) is 24.3 Å². The molecule has 2 aromatic rings. The first-order valence-corrected chi connectivity index (χ1v) is 10.4. The van der Waals surface area contributed by atoms with E-state index in [0.717, 1.165) is 42.2 Å². The van der Waals surface area contributed by atoms with Gasteiger partial charge in [-0.05, 0) is 48.9 Å². The molecule has 1 fully saturated rings. The van der Waals surface area contributed by atoms with Gasteiger partial charge in [0.05, 0.1) is 23.8 Å². The number of piperidine rings is 1. The van der Waals surface area contributed by atoms with Gasteiger partial charge in [-0.25, -0.2) is 0 Å². The summed E-state index contributed by atoms with van der Waals surface area (Å²) in [6, 6.07) is 9.12. The van der Waals surface area contributed by atoms with Crippen molar-refractivity contribution in [3.8, 4) is 0 Å². The lowest BCUT2D eigenvalue weighted by atomic mass is 10.1. The van der Waals surface area contributed by atoms with Crippen LogP contribution in [0.4, 0.5) is 11.4 Å². The second-order valence-corrected chi connectivity index (χ2v) is 8.15. The monoisotopic (exact) mass is 405 g/mol. The molecule has 1 aromatic carbocycles. The molecule has 1 aliphatic rings. The summed E-state index contributed by atoms with van der Waals surface area (Å²) in [4.78, 5) is 27.5. The number of amides is 2. The number of nitrogens with zero attached hydrogens (tertiary/aromatic N) is 1. The SMILES string of the molecule is CC(=O)NC(CC(=O)Nc1cc(Cl)ccc1N1CCCCC1)c1cccs1. The molecule has 5 nitrogen and oxygen atoms in total. The van der Waals surface area contributed by atoms with Crippen molar-refractivity contribution in [1.29, 1.82) is 0 Å². The van der Waals surface area contributed by atoms with Crippen molar-refractivity contribution < 1.29 is 9.59 Å². The maximum atomic E-state index is 12.7. The fraction of sp³-hybridized carbons (Fsp3) is 0.400. The van der Waals surface area contributed by atoms with Crippen LogP contribution >= 0.6 is 22.9 Å². The van der Waals surface area contributed by atoms with Crippen molar-refractivity contribution in [2.45, 2.75) is 38.6 Å². The highest BCUT2D eigenvalue weighted by atomic mass is 35.5. The van der Waals surface area contributed by atoms with Crippen LogP contribution in [0, 0.1) is 0 Å². The van der Waals surface area contributed by atoms with Crippen molar-refractivity contribution >= 4 is 46.1 Å². The average Bonchev–Trinajstić information content (AvgIpc) is 3.16. The number of thiophene rings is 1. The smallest absolute Gasteiger partial charge is 0.226 e. The quantitative estimate of drug-likeness (QED) is 0.738. The van der Waals surface area contributed by atoms with Crippen LogP contribution < -0.4 is 15.5 Å². The topological polar surface area (TPSA) is 61.4 Å². The van der Waals surface area contributed by atoms with E-state index in [9.17, 15) is 9.59 Å². The van der Waals surface area contributed by atoms with Gasteiger partial charge in [0.15, 0.2) is 0 Å². The number of hydrogen-bond donors (Lipinski definition) is 2. The van der Waals surface area contributed by atoms with Gasteiger partial charge in [0.1, 0.15) is 0 Å². The Balaban J connectivity index is 1.74. The predicted molar refractivity (Wildman–Crippen MR) is 112 cm³/mol. The highest BCUT2D eigenvalue weighted by molar-refractivity contribution is 7.10. The van der Waals surface area contributed by atoms with Gasteiger partial charge < -0.3 is 15.5 Å². The molecule has 2 N–H and O–H groups in total. The van der Waals surface area contributed by atoms with Crippen molar-refractivity contribution in [1.82, 2.24) is 5.32 Å². The summed E-state index contributed by atoms with van der Waals surface area (Å²) in [5, 5.41) is 8.39. The second kappa shape index (κ2) is 9.24. The van der Waals surface area contributed by atoms with Gasteiger partial charge in [-0.3, -0.25) is 9.59 Å². The Kier molecular flexibility index (Phi) is 6.74. The van der Waals surface area contributed by atoms with E-state index in [1.807, 2.05) is 29.6 Å². The van der Waals surface area contributed by atoms with Gasteiger partial charge in [-0.15, -0.1) is 11.3 Å². The summed E-state index contributed by atoms with van der Waals surface area (Å²) in [6.45, 7) is 3.42. The molecule has 1 unspecified atom stereocenters. The van der Waals surface area contributed by atoms with Crippen molar-refractivity contribution in [3.05, 3.63) is 45.6 Å². The Bertz CT molecular complexity index is 789. The zero-order chi connectivity index (χ0) is 19.2. The summed E-state index contributed by atoms with van der Waals surface area (Å²) in [7, 11) is 0. The Hall–Kier alpha value is -2.05. The molecule has 1 aromatic heterocycles. The Morgan fingerprint density at radius 2 is 2.00 bits per heavy atom. The van der Waals surface area contributed by atoms with Gasteiger partial charge >= 0.3 is 0 Å². The molecule has 1 saturated heterocycles. The zero-order valence-electron chi connectivity index (χ0n) is 15.3. The zero-order valence-corrected chi connectivity index (χ0v) is 16.9. The van der Waals surface area contributed by atoms with Crippen LogP contribution in [0.2, 0.25) is 5.02 Å². The van der Waals surface area contributed by atoms with E-state index in [1.165, 1.54) is 24.7 Å². The lowest BCUT2D eigenvalue weighted by molar-refractivity contribution is -0.120. The van der Waals surface area contributed by atoms with E-state index in [2.05, 4.69) is 15.5 Å². The van der Waals surface area contributed by atoms with E-state index >= 15 is 0 Å². The summed E-state index contributed by atoms with van der Waals surface area (Å²) in [5.41, 5.74) is 1.72. The number of carbonyl (C=O) groups is 2. The first-order valence-electron chi connectivity index (χ1n) is 9.18. The molecule has 2 amide bonds. The Labute approximate surface area is 168 Å². The fourth-order valence-corrected chi connectivity index (χ4v) is 4.31. The standard InChI is InChI=1S/C20H24ClN3O2S/c1-14(25)22-17(19-6-5-11-27-19)13-20(26)23-16-12-15(21)7-8-18(16)24-9-3-2-4-10-24/h5-8,11-12,17H,2-4,9-10,13H2,1H3,(H,22,25)(H,23,26). The lowest BCUT2D eigenvalue weighted by Crippen LogP contribution is -2.31. The van der Waals surface area contributed by atoms with Gasteiger partial charge in [0, 0.05) is 29.9 Å². The molecule has 0 radical (unpaired) electrons. The minimum absolute atomic E-state index is 0.150. The van der Waals surface area contributed by atoms with E-state index in [0.29, 0.717) is 5.02 Å². The normalized spacial score (nSPS) is 15.3. The molecule has 2 heterocycles. The number of hydrogen-bond acceptors (Lipinski definition) is 4. The third-order valence-electron chi connectivity index (χ3n) is 4.58. The van der Waals surface area contributed by atoms with E-state index in [4.69, 9.17) is 11.6 Å². The van der Waals surface area contributed by atoms with Crippen LogP contribution in [-0.2, 0) is 9.59 Å². The summed E-state index contributed by atoms with van der Waals surface area (Å²) >= 11 is 7.70. The molecule has 0 bridgehead atoms. The van der Waals surface area contributed by atoms with Crippen molar-refractivity contribution in [3.63, 3.8) is 0 Å². The predicted octanol–water partition coefficient (Wildman–Crippen LogP) is 4.60. The molecule has 1 atom stereocenters. The van der Waals surface area contributed by atoms with Gasteiger partial charge in [0.2, 0.25) is 11.8 Å². The van der Waals surface area contributed by atoms with Crippen LogP contribution in [0.25, 0.3) is 0 Å².